The SMILES string of the molecule is CCOCc1occc1C(=O)NN. The van der Waals surface area contributed by atoms with Gasteiger partial charge in [0.15, 0.2) is 0 Å². The number of hydrazine groups is 1. The van der Waals surface area contributed by atoms with Gasteiger partial charge in [0, 0.05) is 6.61 Å². The molecule has 0 unspecified atom stereocenters. The summed E-state index contributed by atoms with van der Waals surface area (Å²) in [5.74, 6) is 5.10. The van der Waals surface area contributed by atoms with E-state index in [4.69, 9.17) is 15.0 Å². The van der Waals surface area contributed by atoms with Gasteiger partial charge in [-0.2, -0.15) is 0 Å². The summed E-state index contributed by atoms with van der Waals surface area (Å²) < 4.78 is 10.1. The molecule has 0 saturated heterocycles. The number of nitrogens with one attached hydrogen (secondary N) is 1. The average Bonchev–Trinajstić information content (AvgIpc) is 2.61. The first-order valence-electron chi connectivity index (χ1n) is 3.94. The maximum atomic E-state index is 11.1. The summed E-state index contributed by atoms with van der Waals surface area (Å²) in [6.07, 6.45) is 1.43. The molecule has 3 N–H and O–H groups in total. The van der Waals surface area contributed by atoms with Crippen molar-refractivity contribution in [2.75, 3.05) is 6.61 Å². The number of nitrogens with two attached hydrogens (primary N) is 1. The molecule has 0 aliphatic carbocycles. The Hall–Kier alpha value is -1.33. The Bertz CT molecular complexity index is 283. The van der Waals surface area contributed by atoms with Gasteiger partial charge < -0.3 is 9.15 Å². The highest BCUT2D eigenvalue weighted by molar-refractivity contribution is 5.94. The summed E-state index contributed by atoms with van der Waals surface area (Å²) >= 11 is 0. The Labute approximate surface area is 75.8 Å². The molecule has 0 saturated carbocycles. The Balaban J connectivity index is 2.71. The lowest BCUT2D eigenvalue weighted by atomic mass is 10.2. The van der Waals surface area contributed by atoms with Crippen molar-refractivity contribution in [3.8, 4) is 0 Å². The molecule has 0 radical (unpaired) electrons. The highest BCUT2D eigenvalue weighted by atomic mass is 16.5. The fourth-order valence-electron chi connectivity index (χ4n) is 0.927. The number of carbonyl (C=O) groups is 1. The molecule has 0 aromatic carbocycles. The average molecular weight is 184 g/mol. The van der Waals surface area contributed by atoms with Gasteiger partial charge in [-0.25, -0.2) is 5.84 Å². The zero-order valence-electron chi connectivity index (χ0n) is 7.37. The quantitative estimate of drug-likeness (QED) is 0.404. The van der Waals surface area contributed by atoms with Crippen molar-refractivity contribution in [2.45, 2.75) is 13.5 Å². The molecule has 1 rings (SSSR count). The van der Waals surface area contributed by atoms with Gasteiger partial charge in [-0.05, 0) is 13.0 Å². The monoisotopic (exact) mass is 184 g/mol. The minimum absolute atomic E-state index is 0.284. The number of furan rings is 1. The number of ether oxygens (including phenoxy) is 1. The Morgan fingerprint density at radius 1 is 1.77 bits per heavy atom. The first-order chi connectivity index (χ1) is 6.29. The van der Waals surface area contributed by atoms with Crippen LogP contribution in [0, 0.1) is 0 Å². The van der Waals surface area contributed by atoms with Crippen molar-refractivity contribution in [2.24, 2.45) is 5.84 Å². The molecule has 0 bridgehead atoms. The maximum absolute atomic E-state index is 11.1. The maximum Gasteiger partial charge on any atom is 0.268 e. The van der Waals surface area contributed by atoms with E-state index in [0.717, 1.165) is 0 Å². The topological polar surface area (TPSA) is 77.5 Å². The molecule has 0 spiro atoms. The lowest BCUT2D eigenvalue weighted by molar-refractivity contribution is 0.0931. The van der Waals surface area contributed by atoms with Crippen molar-refractivity contribution >= 4 is 5.91 Å². The minimum Gasteiger partial charge on any atom is -0.466 e. The van der Waals surface area contributed by atoms with Crippen LogP contribution in [0.4, 0.5) is 0 Å². The van der Waals surface area contributed by atoms with Crippen molar-refractivity contribution in [3.05, 3.63) is 23.7 Å². The van der Waals surface area contributed by atoms with Crippen LogP contribution in [0.15, 0.2) is 16.7 Å². The Kier molecular flexibility index (Phi) is 3.48. The number of hydrogen-bond acceptors (Lipinski definition) is 4. The van der Waals surface area contributed by atoms with Crippen LogP contribution in [0.3, 0.4) is 0 Å². The van der Waals surface area contributed by atoms with E-state index >= 15 is 0 Å². The van der Waals surface area contributed by atoms with E-state index in [1.165, 1.54) is 6.26 Å². The molecule has 13 heavy (non-hydrogen) atoms. The molecule has 0 aliphatic rings. The predicted octanol–water partition coefficient (Wildman–Crippen LogP) is 0.420. The van der Waals surface area contributed by atoms with Gasteiger partial charge in [0.05, 0.1) is 11.8 Å². The number of rotatable bonds is 4. The summed E-state index contributed by atoms with van der Waals surface area (Å²) in [5, 5.41) is 0. The molecule has 5 heteroatoms. The number of hydrogen-bond donors (Lipinski definition) is 2. The van der Waals surface area contributed by atoms with E-state index in [0.29, 0.717) is 17.9 Å². The second kappa shape index (κ2) is 4.64. The van der Waals surface area contributed by atoms with Crippen molar-refractivity contribution < 1.29 is 13.9 Å². The van der Waals surface area contributed by atoms with Crippen LogP contribution in [0.25, 0.3) is 0 Å². The summed E-state index contributed by atoms with van der Waals surface area (Å²) in [7, 11) is 0. The zero-order chi connectivity index (χ0) is 9.68. The van der Waals surface area contributed by atoms with Crippen LogP contribution in [-0.4, -0.2) is 12.5 Å². The third-order valence-electron chi connectivity index (χ3n) is 1.56. The van der Waals surface area contributed by atoms with Crippen LogP contribution in [0.5, 0.6) is 0 Å². The molecule has 1 amide bonds. The van der Waals surface area contributed by atoms with Gasteiger partial charge in [0.25, 0.3) is 5.91 Å². The highest BCUT2D eigenvalue weighted by Crippen LogP contribution is 2.11. The van der Waals surface area contributed by atoms with Crippen LogP contribution in [-0.2, 0) is 11.3 Å². The van der Waals surface area contributed by atoms with E-state index in [2.05, 4.69) is 0 Å². The molecule has 1 aromatic rings. The summed E-state index contributed by atoms with van der Waals surface area (Å²) in [6.45, 7) is 2.72. The van der Waals surface area contributed by atoms with Gasteiger partial charge in [0.2, 0.25) is 0 Å². The first-order valence-corrected chi connectivity index (χ1v) is 3.94. The van der Waals surface area contributed by atoms with E-state index in [1.807, 2.05) is 12.3 Å². The largest absolute Gasteiger partial charge is 0.466 e. The van der Waals surface area contributed by atoms with E-state index < -0.39 is 0 Å². The number of amides is 1. The van der Waals surface area contributed by atoms with Crippen molar-refractivity contribution in [1.29, 1.82) is 0 Å². The van der Waals surface area contributed by atoms with Crippen molar-refractivity contribution in [1.82, 2.24) is 5.43 Å². The molecular formula is C8H12N2O3. The fraction of sp³-hybridized carbons (Fsp3) is 0.375. The predicted molar refractivity (Wildman–Crippen MR) is 45.7 cm³/mol. The van der Waals surface area contributed by atoms with Crippen LogP contribution in [0.2, 0.25) is 0 Å². The normalized spacial score (nSPS) is 10.0. The van der Waals surface area contributed by atoms with Crippen LogP contribution in [0.1, 0.15) is 23.0 Å². The second-order valence-electron chi connectivity index (χ2n) is 2.37. The van der Waals surface area contributed by atoms with Gasteiger partial charge in [0.1, 0.15) is 12.4 Å². The summed E-state index contributed by atoms with van der Waals surface area (Å²) in [6, 6.07) is 1.55. The molecule has 0 fully saturated rings. The van der Waals surface area contributed by atoms with Gasteiger partial charge >= 0.3 is 0 Å². The highest BCUT2D eigenvalue weighted by Gasteiger charge is 2.12. The third-order valence-corrected chi connectivity index (χ3v) is 1.56. The fourth-order valence-corrected chi connectivity index (χ4v) is 0.927. The molecule has 1 heterocycles. The van der Waals surface area contributed by atoms with Gasteiger partial charge in [-0.3, -0.25) is 10.2 Å². The smallest absolute Gasteiger partial charge is 0.268 e. The van der Waals surface area contributed by atoms with E-state index in [9.17, 15) is 4.79 Å². The second-order valence-corrected chi connectivity index (χ2v) is 2.37. The molecular weight excluding hydrogens is 172 g/mol. The minimum atomic E-state index is -0.372. The molecule has 5 nitrogen and oxygen atoms in total. The molecule has 1 aromatic heterocycles. The first kappa shape index (κ1) is 9.76. The lowest BCUT2D eigenvalue weighted by Gasteiger charge is -2.00. The molecule has 0 atom stereocenters. The van der Waals surface area contributed by atoms with Crippen LogP contribution >= 0.6 is 0 Å². The summed E-state index contributed by atoms with van der Waals surface area (Å²) in [5.41, 5.74) is 2.44. The molecule has 72 valence electrons. The van der Waals surface area contributed by atoms with Gasteiger partial charge in [-0.15, -0.1) is 0 Å². The van der Waals surface area contributed by atoms with Crippen molar-refractivity contribution in [3.63, 3.8) is 0 Å². The van der Waals surface area contributed by atoms with Crippen LogP contribution < -0.4 is 11.3 Å². The van der Waals surface area contributed by atoms with E-state index in [1.54, 1.807) is 6.07 Å². The standard InChI is InChI=1S/C8H12N2O3/c1-2-12-5-7-6(3-4-13-7)8(11)10-9/h3-4H,2,5,9H2,1H3,(H,10,11). The Morgan fingerprint density at radius 3 is 3.15 bits per heavy atom. The Morgan fingerprint density at radius 2 is 2.54 bits per heavy atom. The van der Waals surface area contributed by atoms with E-state index in [-0.39, 0.29) is 12.5 Å². The lowest BCUT2D eigenvalue weighted by Crippen LogP contribution is -2.30. The van der Waals surface area contributed by atoms with Gasteiger partial charge in [-0.1, -0.05) is 0 Å². The zero-order valence-corrected chi connectivity index (χ0v) is 7.37. The third kappa shape index (κ3) is 2.30. The number of carbonyl (C=O) groups excluding carboxylic acids is 1. The molecule has 0 aliphatic heterocycles. The summed E-state index contributed by atoms with van der Waals surface area (Å²) in [4.78, 5) is 11.1. The number of nitrogen functional groups attached to an aromatic ring is 1.